The van der Waals surface area contributed by atoms with E-state index in [-0.39, 0.29) is 0 Å². The standard InChI is InChI=1S/C18H17NO2/c1-21-18-9-5-4-8-16(18)19-12-15-14-7-3-2-6-13(14)10-11-17(15)20/h2-11,19-20H,12H2,1H3. The summed E-state index contributed by atoms with van der Waals surface area (Å²) in [7, 11) is 1.65. The van der Waals surface area contributed by atoms with E-state index < -0.39 is 0 Å². The van der Waals surface area contributed by atoms with Gasteiger partial charge in [-0.15, -0.1) is 0 Å². The molecule has 21 heavy (non-hydrogen) atoms. The van der Waals surface area contributed by atoms with Crippen molar-refractivity contribution in [2.45, 2.75) is 6.54 Å². The Morgan fingerprint density at radius 3 is 2.57 bits per heavy atom. The van der Waals surface area contributed by atoms with Crippen molar-refractivity contribution in [3.8, 4) is 11.5 Å². The number of para-hydroxylation sites is 2. The molecule has 0 bridgehead atoms. The largest absolute Gasteiger partial charge is 0.508 e. The fourth-order valence-electron chi connectivity index (χ4n) is 2.48. The van der Waals surface area contributed by atoms with Gasteiger partial charge in [-0.2, -0.15) is 0 Å². The Kier molecular flexibility index (Phi) is 3.65. The summed E-state index contributed by atoms with van der Waals surface area (Å²) in [5.74, 6) is 1.09. The lowest BCUT2D eigenvalue weighted by molar-refractivity contribution is 0.416. The zero-order valence-electron chi connectivity index (χ0n) is 11.8. The predicted molar refractivity (Wildman–Crippen MR) is 85.9 cm³/mol. The fourth-order valence-corrected chi connectivity index (χ4v) is 2.48. The molecule has 0 heterocycles. The Labute approximate surface area is 123 Å². The number of fused-ring (bicyclic) bond motifs is 1. The molecular weight excluding hydrogens is 262 g/mol. The number of hydrogen-bond acceptors (Lipinski definition) is 3. The van der Waals surface area contributed by atoms with Crippen molar-refractivity contribution in [1.29, 1.82) is 0 Å². The lowest BCUT2D eigenvalue weighted by atomic mass is 10.0. The van der Waals surface area contributed by atoms with E-state index in [9.17, 15) is 5.11 Å². The quantitative estimate of drug-likeness (QED) is 0.753. The molecule has 0 radical (unpaired) electrons. The minimum atomic E-state index is 0.302. The zero-order valence-corrected chi connectivity index (χ0v) is 11.8. The van der Waals surface area contributed by atoms with Gasteiger partial charge in [0.2, 0.25) is 0 Å². The molecule has 0 saturated heterocycles. The van der Waals surface area contributed by atoms with Crippen LogP contribution in [0, 0.1) is 0 Å². The SMILES string of the molecule is COc1ccccc1NCc1c(O)ccc2ccccc12. The highest BCUT2D eigenvalue weighted by molar-refractivity contribution is 5.87. The summed E-state index contributed by atoms with van der Waals surface area (Å²) >= 11 is 0. The van der Waals surface area contributed by atoms with Gasteiger partial charge < -0.3 is 15.2 Å². The van der Waals surface area contributed by atoms with Crippen LogP contribution < -0.4 is 10.1 Å². The van der Waals surface area contributed by atoms with Crippen LogP contribution in [0.5, 0.6) is 11.5 Å². The van der Waals surface area contributed by atoms with Crippen LogP contribution in [0.15, 0.2) is 60.7 Å². The maximum absolute atomic E-state index is 10.1. The molecule has 3 aromatic rings. The van der Waals surface area contributed by atoms with E-state index in [4.69, 9.17) is 4.74 Å². The fraction of sp³-hybridized carbons (Fsp3) is 0.111. The van der Waals surface area contributed by atoms with Crippen molar-refractivity contribution in [2.24, 2.45) is 0 Å². The third kappa shape index (κ3) is 2.63. The number of rotatable bonds is 4. The minimum Gasteiger partial charge on any atom is -0.508 e. The first-order valence-corrected chi connectivity index (χ1v) is 6.86. The third-order valence-electron chi connectivity index (χ3n) is 3.58. The monoisotopic (exact) mass is 279 g/mol. The van der Waals surface area contributed by atoms with Gasteiger partial charge in [-0.05, 0) is 29.0 Å². The lowest BCUT2D eigenvalue weighted by Crippen LogP contribution is -2.02. The molecule has 0 aliphatic rings. The number of hydrogen-bond donors (Lipinski definition) is 2. The Hall–Kier alpha value is -2.68. The van der Waals surface area contributed by atoms with Crippen molar-refractivity contribution >= 4 is 16.5 Å². The van der Waals surface area contributed by atoms with E-state index in [1.54, 1.807) is 13.2 Å². The van der Waals surface area contributed by atoms with Gasteiger partial charge in [0, 0.05) is 12.1 Å². The normalized spacial score (nSPS) is 10.5. The lowest BCUT2D eigenvalue weighted by Gasteiger charge is -2.13. The smallest absolute Gasteiger partial charge is 0.141 e. The maximum Gasteiger partial charge on any atom is 0.141 e. The highest BCUT2D eigenvalue weighted by atomic mass is 16.5. The molecule has 3 aromatic carbocycles. The van der Waals surface area contributed by atoms with E-state index in [0.717, 1.165) is 27.8 Å². The molecule has 0 saturated carbocycles. The molecule has 0 atom stereocenters. The average molecular weight is 279 g/mol. The first kappa shape index (κ1) is 13.3. The molecular formula is C18H17NO2. The highest BCUT2D eigenvalue weighted by Crippen LogP contribution is 2.29. The molecule has 2 N–H and O–H groups in total. The molecule has 3 nitrogen and oxygen atoms in total. The van der Waals surface area contributed by atoms with Crippen LogP contribution in [0.4, 0.5) is 5.69 Å². The Bertz CT molecular complexity index is 768. The summed E-state index contributed by atoms with van der Waals surface area (Å²) in [4.78, 5) is 0. The van der Waals surface area contributed by atoms with Crippen LogP contribution in [0.25, 0.3) is 10.8 Å². The van der Waals surface area contributed by atoms with Crippen LogP contribution in [0.1, 0.15) is 5.56 Å². The topological polar surface area (TPSA) is 41.5 Å². The van der Waals surface area contributed by atoms with Gasteiger partial charge in [0.15, 0.2) is 0 Å². The number of ether oxygens (including phenoxy) is 1. The summed E-state index contributed by atoms with van der Waals surface area (Å²) in [5.41, 5.74) is 1.80. The summed E-state index contributed by atoms with van der Waals surface area (Å²) in [6.45, 7) is 0.535. The molecule has 0 aliphatic heterocycles. The summed E-state index contributed by atoms with van der Waals surface area (Å²) in [6, 6.07) is 19.5. The van der Waals surface area contributed by atoms with E-state index in [0.29, 0.717) is 12.3 Å². The Morgan fingerprint density at radius 1 is 0.952 bits per heavy atom. The van der Waals surface area contributed by atoms with Crippen molar-refractivity contribution in [1.82, 2.24) is 0 Å². The molecule has 0 unspecified atom stereocenters. The van der Waals surface area contributed by atoms with E-state index in [2.05, 4.69) is 5.32 Å². The molecule has 0 aliphatic carbocycles. The maximum atomic E-state index is 10.1. The van der Waals surface area contributed by atoms with Crippen molar-refractivity contribution < 1.29 is 9.84 Å². The van der Waals surface area contributed by atoms with Crippen LogP contribution in [0.2, 0.25) is 0 Å². The Balaban J connectivity index is 1.93. The van der Waals surface area contributed by atoms with Gasteiger partial charge >= 0.3 is 0 Å². The minimum absolute atomic E-state index is 0.302. The molecule has 0 aromatic heterocycles. The highest BCUT2D eigenvalue weighted by Gasteiger charge is 2.08. The van der Waals surface area contributed by atoms with Gasteiger partial charge in [-0.25, -0.2) is 0 Å². The molecule has 0 amide bonds. The second-order valence-corrected chi connectivity index (χ2v) is 4.84. The molecule has 106 valence electrons. The number of phenolic OH excluding ortho intramolecular Hbond substituents is 1. The first-order valence-electron chi connectivity index (χ1n) is 6.86. The van der Waals surface area contributed by atoms with Crippen LogP contribution in [0.3, 0.4) is 0 Å². The first-order chi connectivity index (χ1) is 10.3. The van der Waals surface area contributed by atoms with Gasteiger partial charge in [-0.3, -0.25) is 0 Å². The van der Waals surface area contributed by atoms with E-state index >= 15 is 0 Å². The van der Waals surface area contributed by atoms with Crippen LogP contribution >= 0.6 is 0 Å². The average Bonchev–Trinajstić information content (AvgIpc) is 2.54. The number of anilines is 1. The molecule has 0 spiro atoms. The molecule has 3 heteroatoms. The molecule has 3 rings (SSSR count). The van der Waals surface area contributed by atoms with Crippen molar-refractivity contribution in [3.63, 3.8) is 0 Å². The van der Waals surface area contributed by atoms with Gasteiger partial charge in [-0.1, -0.05) is 42.5 Å². The van der Waals surface area contributed by atoms with E-state index in [1.165, 1.54) is 0 Å². The number of aromatic hydroxyl groups is 1. The Morgan fingerprint density at radius 2 is 1.71 bits per heavy atom. The number of nitrogens with one attached hydrogen (secondary N) is 1. The second-order valence-electron chi connectivity index (χ2n) is 4.84. The summed E-state index contributed by atoms with van der Waals surface area (Å²) in [5, 5.41) is 15.6. The summed E-state index contributed by atoms with van der Waals surface area (Å²) in [6.07, 6.45) is 0. The summed E-state index contributed by atoms with van der Waals surface area (Å²) < 4.78 is 5.33. The van der Waals surface area contributed by atoms with Gasteiger partial charge in [0.1, 0.15) is 11.5 Å². The second kappa shape index (κ2) is 5.75. The number of benzene rings is 3. The predicted octanol–water partition coefficient (Wildman–Crippen LogP) is 4.17. The zero-order chi connectivity index (χ0) is 14.7. The number of phenols is 1. The molecule has 0 fully saturated rings. The van der Waals surface area contributed by atoms with Crippen molar-refractivity contribution in [3.05, 3.63) is 66.2 Å². The number of methoxy groups -OCH3 is 1. The van der Waals surface area contributed by atoms with Gasteiger partial charge in [0.05, 0.1) is 12.8 Å². The van der Waals surface area contributed by atoms with Crippen LogP contribution in [-0.2, 0) is 6.54 Å². The van der Waals surface area contributed by atoms with E-state index in [1.807, 2.05) is 54.6 Å². The van der Waals surface area contributed by atoms with Crippen molar-refractivity contribution in [2.75, 3.05) is 12.4 Å². The van der Waals surface area contributed by atoms with Crippen LogP contribution in [-0.4, -0.2) is 12.2 Å². The third-order valence-corrected chi connectivity index (χ3v) is 3.58. The van der Waals surface area contributed by atoms with Gasteiger partial charge in [0.25, 0.3) is 0 Å².